The van der Waals surface area contributed by atoms with Gasteiger partial charge in [0, 0.05) is 0 Å². The van der Waals surface area contributed by atoms with Gasteiger partial charge in [0.2, 0.25) is 0 Å². The van der Waals surface area contributed by atoms with Gasteiger partial charge in [0.15, 0.2) is 0 Å². The van der Waals surface area contributed by atoms with E-state index in [4.69, 9.17) is 0 Å². The van der Waals surface area contributed by atoms with Crippen LogP contribution in [0.3, 0.4) is 0 Å². The molecule has 1 saturated carbocycles. The fourth-order valence-electron chi connectivity index (χ4n) is 3.51. The van der Waals surface area contributed by atoms with Crippen LogP contribution < -0.4 is 0 Å². The molecule has 1 heteroatoms. The van der Waals surface area contributed by atoms with Crippen LogP contribution in [0, 0.1) is 5.92 Å². The maximum absolute atomic E-state index is 2.61. The Labute approximate surface area is 71.1 Å². The number of hydrogen-bond acceptors (Lipinski definition) is 0. The van der Waals surface area contributed by atoms with E-state index < -0.39 is 7.26 Å². The predicted molar refractivity (Wildman–Crippen MR) is 55.4 cm³/mol. The Morgan fingerprint density at radius 3 is 2.55 bits per heavy atom. The first-order valence-corrected chi connectivity index (χ1v) is 8.33. The Morgan fingerprint density at radius 2 is 2.00 bits per heavy atom. The Bertz CT molecular complexity index is 162. The summed E-state index contributed by atoms with van der Waals surface area (Å²) >= 11 is 0. The second kappa shape index (κ2) is 2.46. The fourth-order valence-corrected chi connectivity index (χ4v) is 9.09. The van der Waals surface area contributed by atoms with E-state index in [2.05, 4.69) is 20.3 Å². The molecular formula is C10H21P. The molecule has 3 atom stereocenters. The molecule has 1 aliphatic carbocycles. The molecule has 66 valence electrons. The molecule has 2 aliphatic rings. The molecule has 0 radical (unpaired) electrons. The average molecular weight is 172 g/mol. The Morgan fingerprint density at radius 1 is 1.27 bits per heavy atom. The molecule has 11 heavy (non-hydrogen) atoms. The second-order valence-corrected chi connectivity index (χ2v) is 10.1. The summed E-state index contributed by atoms with van der Waals surface area (Å²) in [6.07, 6.45) is 6.13. The van der Waals surface area contributed by atoms with E-state index in [0.29, 0.717) is 0 Å². The van der Waals surface area contributed by atoms with Crippen molar-refractivity contribution in [1.82, 2.24) is 0 Å². The Kier molecular flexibility index (Phi) is 1.80. The van der Waals surface area contributed by atoms with Crippen molar-refractivity contribution in [1.29, 1.82) is 0 Å². The Hall–Kier alpha value is 0.430. The van der Waals surface area contributed by atoms with Crippen molar-refractivity contribution in [2.45, 2.75) is 43.9 Å². The third-order valence-electron chi connectivity index (χ3n) is 4.26. The van der Waals surface area contributed by atoms with Crippen molar-refractivity contribution >= 4 is 7.26 Å². The van der Waals surface area contributed by atoms with Gasteiger partial charge in [-0.15, -0.1) is 0 Å². The average Bonchev–Trinajstić information content (AvgIpc) is 2.56. The van der Waals surface area contributed by atoms with Crippen molar-refractivity contribution < 1.29 is 0 Å². The van der Waals surface area contributed by atoms with Crippen LogP contribution in [0.2, 0.25) is 0 Å². The van der Waals surface area contributed by atoms with E-state index in [1.807, 2.05) is 0 Å². The molecule has 0 aromatic carbocycles. The monoisotopic (exact) mass is 172 g/mol. The van der Waals surface area contributed by atoms with Gasteiger partial charge in [-0.1, -0.05) is 0 Å². The molecule has 1 aliphatic heterocycles. The first kappa shape index (κ1) is 8.05. The van der Waals surface area contributed by atoms with Crippen molar-refractivity contribution in [2.24, 2.45) is 5.92 Å². The van der Waals surface area contributed by atoms with Gasteiger partial charge < -0.3 is 0 Å². The molecule has 1 heterocycles. The van der Waals surface area contributed by atoms with E-state index in [9.17, 15) is 0 Å². The summed E-state index contributed by atoms with van der Waals surface area (Å²) in [5.74, 6) is 1.13. The molecule has 0 N–H and O–H groups in total. The minimum atomic E-state index is -0.642. The summed E-state index contributed by atoms with van der Waals surface area (Å²) in [7, 11) is -0.642. The molecule has 3 unspecified atom stereocenters. The summed E-state index contributed by atoms with van der Waals surface area (Å²) in [5, 5.41) is 0. The molecule has 2 rings (SSSR count). The molecule has 2 fully saturated rings. The second-order valence-electron chi connectivity index (χ2n) is 5.05. The maximum atomic E-state index is 2.61. The van der Waals surface area contributed by atoms with Crippen LogP contribution in [0.25, 0.3) is 0 Å². The molecule has 1 saturated heterocycles. The minimum absolute atomic E-state index is 0.642. The molecule has 0 amide bonds. The van der Waals surface area contributed by atoms with Gasteiger partial charge >= 0.3 is 70.4 Å². The van der Waals surface area contributed by atoms with Gasteiger partial charge in [0.1, 0.15) is 0 Å². The van der Waals surface area contributed by atoms with Crippen LogP contribution in [0.15, 0.2) is 0 Å². The predicted octanol–water partition coefficient (Wildman–Crippen LogP) is 2.96. The zero-order chi connectivity index (χ0) is 8.06. The van der Waals surface area contributed by atoms with Crippen LogP contribution in [0.1, 0.15) is 32.6 Å². The first-order chi connectivity index (χ1) is 5.18. The molecule has 0 aromatic heterocycles. The van der Waals surface area contributed by atoms with E-state index in [1.165, 1.54) is 24.2 Å². The third-order valence-corrected chi connectivity index (χ3v) is 9.03. The van der Waals surface area contributed by atoms with Crippen molar-refractivity contribution in [3.05, 3.63) is 0 Å². The summed E-state index contributed by atoms with van der Waals surface area (Å²) in [6, 6.07) is 0. The van der Waals surface area contributed by atoms with Crippen LogP contribution in [-0.2, 0) is 0 Å². The summed E-state index contributed by atoms with van der Waals surface area (Å²) < 4.78 is 0. The number of hydrogen-bond donors (Lipinski definition) is 0. The molecular weight excluding hydrogens is 151 g/mol. The van der Waals surface area contributed by atoms with E-state index in [1.54, 1.807) is 12.8 Å². The number of rotatable bonds is 1. The van der Waals surface area contributed by atoms with Crippen molar-refractivity contribution in [3.63, 3.8) is 0 Å². The van der Waals surface area contributed by atoms with Crippen LogP contribution >= 0.6 is 7.26 Å². The summed E-state index contributed by atoms with van der Waals surface area (Å²) in [4.78, 5) is 0. The molecule has 0 aromatic rings. The van der Waals surface area contributed by atoms with Crippen LogP contribution in [-0.4, -0.2) is 24.6 Å². The zero-order valence-corrected chi connectivity index (χ0v) is 9.06. The van der Waals surface area contributed by atoms with Gasteiger partial charge in [-0.25, -0.2) is 0 Å². The molecule has 0 bridgehead atoms. The van der Waals surface area contributed by atoms with Crippen molar-refractivity contribution in [3.8, 4) is 0 Å². The van der Waals surface area contributed by atoms with Gasteiger partial charge in [-0.2, -0.15) is 0 Å². The van der Waals surface area contributed by atoms with Crippen LogP contribution in [0.4, 0.5) is 0 Å². The summed E-state index contributed by atoms with van der Waals surface area (Å²) in [5.41, 5.74) is 2.47. The van der Waals surface area contributed by atoms with Gasteiger partial charge in [-0.3, -0.25) is 0 Å². The van der Waals surface area contributed by atoms with Crippen LogP contribution in [0.5, 0.6) is 0 Å². The third kappa shape index (κ3) is 1.06. The van der Waals surface area contributed by atoms with E-state index in [-0.39, 0.29) is 0 Å². The topological polar surface area (TPSA) is 0 Å². The van der Waals surface area contributed by atoms with Crippen molar-refractivity contribution in [2.75, 3.05) is 13.3 Å². The zero-order valence-electron chi connectivity index (χ0n) is 8.06. The quantitative estimate of drug-likeness (QED) is 0.533. The SMILES string of the molecule is CCC1CCCC2C1[PH]2(C)C. The van der Waals surface area contributed by atoms with Gasteiger partial charge in [-0.05, 0) is 0 Å². The Balaban J connectivity index is 2.07. The molecule has 0 spiro atoms. The first-order valence-electron chi connectivity index (χ1n) is 5.18. The molecule has 0 nitrogen and oxygen atoms in total. The normalized spacial score (nSPS) is 49.5. The fraction of sp³-hybridized carbons (Fsp3) is 1.00. The van der Waals surface area contributed by atoms with Gasteiger partial charge in [0.05, 0.1) is 0 Å². The van der Waals surface area contributed by atoms with Gasteiger partial charge in [0.25, 0.3) is 0 Å². The number of fused-ring (bicyclic) bond motifs is 1. The van der Waals surface area contributed by atoms with E-state index in [0.717, 1.165) is 5.92 Å². The summed E-state index contributed by atoms with van der Waals surface area (Å²) in [6.45, 7) is 7.60. The standard InChI is InChI=1S/C10H21P/c1-4-8-6-5-7-9-10(8)11(9,2)3/h8-11H,4-7H2,1-3H3. The van der Waals surface area contributed by atoms with E-state index >= 15 is 0 Å².